The Labute approximate surface area is 189 Å². The van der Waals surface area contributed by atoms with Crippen LogP contribution in [-0.4, -0.2) is 80.7 Å². The highest BCUT2D eigenvalue weighted by atomic mass is 19.3. The number of aromatic nitrogens is 2. The lowest BCUT2D eigenvalue weighted by Crippen LogP contribution is -2.60. The summed E-state index contributed by atoms with van der Waals surface area (Å²) in [6, 6.07) is 5.92. The Morgan fingerprint density at radius 3 is 2.48 bits per heavy atom. The van der Waals surface area contributed by atoms with Crippen molar-refractivity contribution >= 4 is 0 Å². The van der Waals surface area contributed by atoms with Gasteiger partial charge in [0.05, 0.1) is 19.3 Å². The zero-order valence-corrected chi connectivity index (χ0v) is 18.1. The Hall–Kier alpha value is -2.15. The first kappa shape index (κ1) is 24.0. The molecule has 3 heterocycles. The molecule has 2 aliphatic heterocycles. The largest absolute Gasteiger partial charge is 0.443 e. The van der Waals surface area contributed by atoms with E-state index >= 15 is 0 Å². The third kappa shape index (κ3) is 4.88. The molecule has 33 heavy (non-hydrogen) atoms. The minimum Gasteiger partial charge on any atom is -0.443 e. The molecule has 1 aromatic heterocycles. The lowest BCUT2D eigenvalue weighted by Gasteiger charge is -2.39. The van der Waals surface area contributed by atoms with Crippen molar-refractivity contribution < 1.29 is 43.4 Å². The Morgan fingerprint density at radius 2 is 1.88 bits per heavy atom. The first-order valence-electron chi connectivity index (χ1n) is 10.8. The lowest BCUT2D eigenvalue weighted by atomic mass is 9.99. The number of nitrogens with zero attached hydrogens (tertiary/aromatic N) is 2. The average Bonchev–Trinajstić information content (AvgIpc) is 3.44. The normalized spacial score (nSPS) is 30.2. The van der Waals surface area contributed by atoms with Crippen molar-refractivity contribution in [1.29, 1.82) is 0 Å². The van der Waals surface area contributed by atoms with E-state index in [0.29, 0.717) is 25.2 Å². The summed E-state index contributed by atoms with van der Waals surface area (Å²) in [7, 11) is 0. The number of ether oxygens (including phenoxy) is 3. The molecule has 2 aliphatic rings. The highest BCUT2D eigenvalue weighted by Gasteiger charge is 2.45. The molecular formula is C22H28F2N2O7. The first-order valence-corrected chi connectivity index (χ1v) is 10.8. The molecular weight excluding hydrogens is 442 g/mol. The molecule has 1 aromatic carbocycles. The molecule has 0 aliphatic carbocycles. The summed E-state index contributed by atoms with van der Waals surface area (Å²) in [6.45, 7) is 2.34. The van der Waals surface area contributed by atoms with Gasteiger partial charge in [-0.3, -0.25) is 4.68 Å². The molecule has 9 nitrogen and oxygen atoms in total. The van der Waals surface area contributed by atoms with Crippen LogP contribution in [0.15, 0.2) is 24.3 Å². The zero-order chi connectivity index (χ0) is 23.7. The molecule has 0 amide bonds. The average molecular weight is 470 g/mol. The van der Waals surface area contributed by atoms with Crippen LogP contribution < -0.4 is 4.74 Å². The number of hydrogen-bond acceptors (Lipinski definition) is 8. The molecule has 0 bridgehead atoms. The maximum Gasteiger partial charge on any atom is 0.263 e. The maximum absolute atomic E-state index is 12.9. The van der Waals surface area contributed by atoms with Gasteiger partial charge in [-0.25, -0.2) is 8.78 Å². The van der Waals surface area contributed by atoms with Crippen molar-refractivity contribution in [2.24, 2.45) is 0 Å². The van der Waals surface area contributed by atoms with Gasteiger partial charge in [0.25, 0.3) is 6.43 Å². The number of rotatable bonds is 7. The topological polar surface area (TPSA) is 126 Å². The highest BCUT2D eigenvalue weighted by Crippen LogP contribution is 2.32. The number of aliphatic hydroxyl groups excluding tert-OH is 4. The summed E-state index contributed by atoms with van der Waals surface area (Å²) in [6.07, 6.45) is -8.67. The fourth-order valence-electron chi connectivity index (χ4n) is 4.15. The van der Waals surface area contributed by atoms with Crippen LogP contribution in [0.25, 0.3) is 0 Å². The summed E-state index contributed by atoms with van der Waals surface area (Å²) in [4.78, 5) is 0. The van der Waals surface area contributed by atoms with E-state index in [1.54, 1.807) is 16.8 Å². The predicted molar refractivity (Wildman–Crippen MR) is 110 cm³/mol. The number of benzene rings is 1. The third-order valence-electron chi connectivity index (χ3n) is 6.18. The molecule has 2 saturated heterocycles. The van der Waals surface area contributed by atoms with E-state index < -0.39 is 43.7 Å². The number of aliphatic hydroxyl groups is 4. The van der Waals surface area contributed by atoms with Crippen LogP contribution in [0.4, 0.5) is 8.78 Å². The van der Waals surface area contributed by atoms with Gasteiger partial charge in [-0.15, -0.1) is 5.10 Å². The maximum atomic E-state index is 12.9. The fraction of sp³-hybridized carbons (Fsp3) is 0.591. The molecule has 182 valence electrons. The van der Waals surface area contributed by atoms with E-state index in [0.717, 1.165) is 17.7 Å². The predicted octanol–water partition coefficient (Wildman–Crippen LogP) is 0.860. The Bertz CT molecular complexity index is 932. The lowest BCUT2D eigenvalue weighted by molar-refractivity contribution is -0.278. The van der Waals surface area contributed by atoms with Gasteiger partial charge in [-0.2, -0.15) is 0 Å². The number of halogens is 2. The van der Waals surface area contributed by atoms with Crippen LogP contribution in [-0.2, 0) is 15.9 Å². The second kappa shape index (κ2) is 10.00. The van der Waals surface area contributed by atoms with E-state index in [1.165, 1.54) is 12.1 Å². The van der Waals surface area contributed by atoms with Gasteiger partial charge in [0.2, 0.25) is 12.2 Å². The van der Waals surface area contributed by atoms with Crippen molar-refractivity contribution in [1.82, 2.24) is 9.78 Å². The van der Waals surface area contributed by atoms with Crippen molar-refractivity contribution in [2.45, 2.75) is 62.9 Å². The summed E-state index contributed by atoms with van der Waals surface area (Å²) in [5.41, 5.74) is 2.11. The smallest absolute Gasteiger partial charge is 0.263 e. The molecule has 1 unspecified atom stereocenters. The van der Waals surface area contributed by atoms with E-state index in [-0.39, 0.29) is 17.5 Å². The van der Waals surface area contributed by atoms with Crippen LogP contribution in [0.3, 0.4) is 0 Å². The second-order valence-corrected chi connectivity index (χ2v) is 8.37. The number of hydrogen-bond donors (Lipinski definition) is 4. The Morgan fingerprint density at radius 1 is 1.15 bits per heavy atom. The van der Waals surface area contributed by atoms with Gasteiger partial charge in [0.1, 0.15) is 24.4 Å². The zero-order valence-electron chi connectivity index (χ0n) is 18.1. The summed E-state index contributed by atoms with van der Waals surface area (Å²) in [5.74, 6) is 0.140. The van der Waals surface area contributed by atoms with Crippen LogP contribution >= 0.6 is 0 Å². The highest BCUT2D eigenvalue weighted by molar-refractivity contribution is 5.37. The fourth-order valence-corrected chi connectivity index (χ4v) is 4.15. The van der Waals surface area contributed by atoms with E-state index in [1.807, 2.05) is 6.92 Å². The second-order valence-electron chi connectivity index (χ2n) is 8.37. The van der Waals surface area contributed by atoms with Gasteiger partial charge in [-0.05, 0) is 18.9 Å². The van der Waals surface area contributed by atoms with E-state index in [4.69, 9.17) is 14.2 Å². The van der Waals surface area contributed by atoms with Gasteiger partial charge in [-0.1, -0.05) is 24.3 Å². The molecule has 2 aromatic rings. The first-order chi connectivity index (χ1) is 15.8. The molecule has 6 atom stereocenters. The third-order valence-corrected chi connectivity index (χ3v) is 6.18. The van der Waals surface area contributed by atoms with Crippen LogP contribution in [0.2, 0.25) is 0 Å². The minimum absolute atomic E-state index is 0.0166. The standard InChI is InChI=1S/C22H28F2N2O7/c1-11-15(8-12-2-4-13(5-3-12)20(23)24)21(25-26(11)14-6-7-31-10-14)33-22-19(30)18(29)17(28)16(9-27)32-22/h2-5,14,16-20,22,27-30H,6-10H2,1H3/t14?,16-,17-,18+,19-,22+/m1/s1. The molecule has 4 rings (SSSR count). The van der Waals surface area contributed by atoms with Crippen LogP contribution in [0.5, 0.6) is 5.88 Å². The molecule has 4 N–H and O–H groups in total. The van der Waals surface area contributed by atoms with Gasteiger partial charge in [0.15, 0.2) is 0 Å². The minimum atomic E-state index is -2.56. The molecule has 11 heteroatoms. The summed E-state index contributed by atoms with van der Waals surface area (Å²) >= 11 is 0. The quantitative estimate of drug-likeness (QED) is 0.470. The van der Waals surface area contributed by atoms with Crippen LogP contribution in [0.1, 0.15) is 41.3 Å². The van der Waals surface area contributed by atoms with Crippen LogP contribution in [0, 0.1) is 6.92 Å². The molecule has 2 fully saturated rings. The Balaban J connectivity index is 1.63. The van der Waals surface area contributed by atoms with E-state index in [2.05, 4.69) is 5.10 Å². The van der Waals surface area contributed by atoms with Crippen molar-refractivity contribution in [3.05, 3.63) is 46.6 Å². The molecule has 0 spiro atoms. The molecule has 0 saturated carbocycles. The summed E-state index contributed by atoms with van der Waals surface area (Å²) in [5, 5.41) is 44.4. The summed E-state index contributed by atoms with van der Waals surface area (Å²) < 4.78 is 44.4. The Kier molecular flexibility index (Phi) is 7.27. The monoisotopic (exact) mass is 470 g/mol. The van der Waals surface area contributed by atoms with Crippen molar-refractivity contribution in [3.63, 3.8) is 0 Å². The molecule has 0 radical (unpaired) electrons. The van der Waals surface area contributed by atoms with Crippen molar-refractivity contribution in [2.75, 3.05) is 19.8 Å². The SMILES string of the molecule is Cc1c(Cc2ccc(C(F)F)cc2)c(O[C@@H]2O[C@H](CO)[C@@H](O)[C@H](O)[C@H]2O)nn1C1CCOC1. The van der Waals surface area contributed by atoms with Gasteiger partial charge >= 0.3 is 0 Å². The number of alkyl halides is 2. The van der Waals surface area contributed by atoms with Gasteiger partial charge in [0, 0.05) is 29.8 Å². The van der Waals surface area contributed by atoms with E-state index in [9.17, 15) is 29.2 Å². The van der Waals surface area contributed by atoms with Crippen molar-refractivity contribution in [3.8, 4) is 5.88 Å². The van der Waals surface area contributed by atoms with Gasteiger partial charge < -0.3 is 34.6 Å².